The van der Waals surface area contributed by atoms with Gasteiger partial charge in [0.25, 0.3) is 0 Å². The fourth-order valence-electron chi connectivity index (χ4n) is 1.56. The zero-order valence-corrected chi connectivity index (χ0v) is 9.91. The zero-order valence-electron chi connectivity index (χ0n) is 7.50. The Labute approximate surface area is 94.1 Å². The van der Waals surface area contributed by atoms with E-state index in [0.29, 0.717) is 18.7 Å². The van der Waals surface area contributed by atoms with Gasteiger partial charge in [0.15, 0.2) is 5.78 Å². The van der Waals surface area contributed by atoms with Crippen LogP contribution >= 0.6 is 27.3 Å². The molecule has 72 valence electrons. The van der Waals surface area contributed by atoms with Crippen molar-refractivity contribution >= 4 is 33.0 Å². The number of thiophene rings is 1. The molecule has 0 atom stereocenters. The van der Waals surface area contributed by atoms with E-state index in [1.54, 1.807) is 0 Å². The van der Waals surface area contributed by atoms with Crippen LogP contribution in [0.3, 0.4) is 0 Å². The maximum Gasteiger partial charge on any atom is 0.187 e. The zero-order chi connectivity index (χ0) is 10.3. The minimum atomic E-state index is 0.112. The van der Waals surface area contributed by atoms with Crippen LogP contribution < -0.4 is 0 Å². The maximum atomic E-state index is 11.6. The number of nitrogens with zero attached hydrogens (tertiary/aromatic N) is 2. The predicted octanol–water partition coefficient (Wildman–Crippen LogP) is 2.01. The number of Topliss-reactive ketones (excluding diaryl/α,β-unsaturated/α-hetero) is 1. The predicted molar refractivity (Wildman–Crippen MR) is 57.4 cm³/mol. The third-order valence-corrected chi connectivity index (χ3v) is 4.11. The lowest BCUT2D eigenvalue weighted by Crippen LogP contribution is -2.31. The molecule has 0 aromatic carbocycles. The number of hydrogen-bond donors (Lipinski definition) is 0. The molecule has 14 heavy (non-hydrogen) atoms. The minimum Gasteiger partial charge on any atom is -0.294 e. The Morgan fingerprint density at radius 1 is 1.57 bits per heavy atom. The van der Waals surface area contributed by atoms with E-state index >= 15 is 0 Å². The fraction of sp³-hybridized carbons (Fsp3) is 0.333. The van der Waals surface area contributed by atoms with Gasteiger partial charge in [-0.05, 0) is 23.0 Å². The smallest absolute Gasteiger partial charge is 0.187 e. The highest BCUT2D eigenvalue weighted by molar-refractivity contribution is 9.11. The second-order valence-corrected chi connectivity index (χ2v) is 5.60. The van der Waals surface area contributed by atoms with Crippen LogP contribution in [0.5, 0.6) is 0 Å². The highest BCUT2D eigenvalue weighted by Gasteiger charge is 2.27. The van der Waals surface area contributed by atoms with E-state index in [-0.39, 0.29) is 5.78 Å². The lowest BCUT2D eigenvalue weighted by Gasteiger charge is -2.20. The number of carbonyl (C=O) groups is 1. The number of rotatable bonds is 0. The minimum absolute atomic E-state index is 0.112. The summed E-state index contributed by atoms with van der Waals surface area (Å²) in [5, 5.41) is 8.93. The van der Waals surface area contributed by atoms with Crippen LogP contribution in [-0.4, -0.2) is 24.3 Å². The van der Waals surface area contributed by atoms with E-state index in [9.17, 15) is 4.79 Å². The van der Waals surface area contributed by atoms with Crippen molar-refractivity contribution in [3.05, 3.63) is 19.8 Å². The van der Waals surface area contributed by atoms with Crippen molar-refractivity contribution < 1.29 is 4.79 Å². The van der Waals surface area contributed by atoms with Crippen LogP contribution in [0.15, 0.2) is 3.79 Å². The van der Waals surface area contributed by atoms with Gasteiger partial charge < -0.3 is 0 Å². The van der Waals surface area contributed by atoms with Gasteiger partial charge >= 0.3 is 0 Å². The molecule has 0 radical (unpaired) electrons. The van der Waals surface area contributed by atoms with Crippen molar-refractivity contribution in [1.82, 2.24) is 4.90 Å². The topological polar surface area (TPSA) is 44.1 Å². The van der Waals surface area contributed by atoms with Crippen molar-refractivity contribution in [1.29, 1.82) is 5.26 Å². The fourth-order valence-corrected chi connectivity index (χ4v) is 3.30. The Hall–Kier alpha value is -0.700. The highest BCUT2D eigenvalue weighted by Crippen LogP contribution is 2.35. The molecule has 0 fully saturated rings. The summed E-state index contributed by atoms with van der Waals surface area (Å²) in [6, 6.07) is 2.13. The van der Waals surface area contributed by atoms with Gasteiger partial charge in [-0.1, -0.05) is 0 Å². The molecule has 2 rings (SSSR count). The Morgan fingerprint density at radius 3 is 2.93 bits per heavy atom. The van der Waals surface area contributed by atoms with E-state index in [0.717, 1.165) is 14.2 Å². The Kier molecular flexibility index (Phi) is 2.43. The molecule has 0 unspecified atom stereocenters. The molecular formula is C9H7BrN2OS. The van der Waals surface area contributed by atoms with Gasteiger partial charge in [0, 0.05) is 12.1 Å². The Morgan fingerprint density at radius 2 is 2.29 bits per heavy atom. The molecule has 1 aliphatic rings. The van der Waals surface area contributed by atoms with E-state index in [2.05, 4.69) is 22.0 Å². The summed E-state index contributed by atoms with van der Waals surface area (Å²) < 4.78 is 0.772. The largest absolute Gasteiger partial charge is 0.294 e. The second kappa shape index (κ2) is 3.46. The molecule has 0 amide bonds. The molecule has 0 N–H and O–H groups in total. The van der Waals surface area contributed by atoms with E-state index < -0.39 is 0 Å². The number of hydrogen-bond acceptors (Lipinski definition) is 4. The summed E-state index contributed by atoms with van der Waals surface area (Å²) in [5.41, 5.74) is 1.49. The first-order valence-electron chi connectivity index (χ1n) is 4.06. The third kappa shape index (κ3) is 1.40. The highest BCUT2D eigenvalue weighted by atomic mass is 79.9. The molecule has 3 nitrogen and oxygen atoms in total. The average Bonchev–Trinajstić information content (AvgIpc) is 2.41. The van der Waals surface area contributed by atoms with Crippen LogP contribution in [0.1, 0.15) is 20.8 Å². The Bertz CT molecular complexity index is 446. The standard InChI is InChI=1S/C9H7BrN2OS/c1-12-3-6-5(2-11)9(10)14-8(6)7(13)4-12/h3-4H2,1H3. The SMILES string of the molecule is CN1CC(=O)c2sc(Br)c(C#N)c2C1. The van der Waals surface area contributed by atoms with Gasteiger partial charge in [-0.25, -0.2) is 0 Å². The summed E-state index contributed by atoms with van der Waals surface area (Å²) in [6.07, 6.45) is 0. The second-order valence-electron chi connectivity index (χ2n) is 3.27. The molecule has 0 aliphatic carbocycles. The van der Waals surface area contributed by atoms with E-state index in [4.69, 9.17) is 5.26 Å². The monoisotopic (exact) mass is 270 g/mol. The molecule has 0 spiro atoms. The van der Waals surface area contributed by atoms with Crippen LogP contribution in [-0.2, 0) is 6.54 Å². The number of nitriles is 1. The van der Waals surface area contributed by atoms with Gasteiger partial charge in [-0.3, -0.25) is 9.69 Å². The van der Waals surface area contributed by atoms with Gasteiger partial charge in [-0.15, -0.1) is 11.3 Å². The summed E-state index contributed by atoms with van der Waals surface area (Å²) in [4.78, 5) is 14.3. The van der Waals surface area contributed by atoms with Crippen molar-refractivity contribution in [2.45, 2.75) is 6.54 Å². The quantitative estimate of drug-likeness (QED) is 0.725. The third-order valence-electron chi connectivity index (χ3n) is 2.17. The first-order chi connectivity index (χ1) is 6.63. The number of likely N-dealkylation sites (N-methyl/N-ethyl adjacent to an activating group) is 1. The number of carbonyl (C=O) groups excluding carboxylic acids is 1. The van der Waals surface area contributed by atoms with Gasteiger partial charge in [0.1, 0.15) is 6.07 Å². The lowest BCUT2D eigenvalue weighted by molar-refractivity contribution is 0.0928. The van der Waals surface area contributed by atoms with Crippen molar-refractivity contribution in [2.75, 3.05) is 13.6 Å². The number of ketones is 1. The van der Waals surface area contributed by atoms with Crippen LogP contribution in [0.25, 0.3) is 0 Å². The molecule has 1 aromatic rings. The van der Waals surface area contributed by atoms with Crippen molar-refractivity contribution in [3.8, 4) is 6.07 Å². The van der Waals surface area contributed by atoms with E-state index in [1.807, 2.05) is 11.9 Å². The molecule has 0 bridgehead atoms. The molecule has 2 heterocycles. The Balaban J connectivity index is 2.61. The van der Waals surface area contributed by atoms with E-state index in [1.165, 1.54) is 11.3 Å². The van der Waals surface area contributed by atoms with Crippen LogP contribution in [0.4, 0.5) is 0 Å². The summed E-state index contributed by atoms with van der Waals surface area (Å²) in [5.74, 6) is 0.112. The lowest BCUT2D eigenvalue weighted by atomic mass is 10.1. The van der Waals surface area contributed by atoms with Gasteiger partial charge in [-0.2, -0.15) is 5.26 Å². The van der Waals surface area contributed by atoms with Crippen molar-refractivity contribution in [3.63, 3.8) is 0 Å². The van der Waals surface area contributed by atoms with Gasteiger partial charge in [0.2, 0.25) is 0 Å². The number of halogens is 1. The normalized spacial score (nSPS) is 16.5. The molecule has 0 saturated heterocycles. The average molecular weight is 271 g/mol. The van der Waals surface area contributed by atoms with Crippen molar-refractivity contribution in [2.24, 2.45) is 0 Å². The molecule has 5 heteroatoms. The van der Waals surface area contributed by atoms with Gasteiger partial charge in [0.05, 0.1) is 20.8 Å². The summed E-state index contributed by atoms with van der Waals surface area (Å²) >= 11 is 4.68. The molecular weight excluding hydrogens is 264 g/mol. The first-order valence-corrected chi connectivity index (χ1v) is 5.67. The molecule has 0 saturated carbocycles. The maximum absolute atomic E-state index is 11.6. The van der Waals surface area contributed by atoms with Crippen LogP contribution in [0.2, 0.25) is 0 Å². The summed E-state index contributed by atoms with van der Waals surface area (Å²) in [6.45, 7) is 1.14. The number of fused-ring (bicyclic) bond motifs is 1. The van der Waals surface area contributed by atoms with Crippen LogP contribution in [0, 0.1) is 11.3 Å². The first kappa shape index (κ1) is 9.84. The molecule has 1 aromatic heterocycles. The molecule has 1 aliphatic heterocycles. The summed E-state index contributed by atoms with van der Waals surface area (Å²) in [7, 11) is 1.88.